The first kappa shape index (κ1) is 11.4. The molecule has 16 heavy (non-hydrogen) atoms. The van der Waals surface area contributed by atoms with Crippen molar-refractivity contribution in [3.05, 3.63) is 24.0 Å². The van der Waals surface area contributed by atoms with Gasteiger partial charge in [0.25, 0.3) is 0 Å². The minimum Gasteiger partial charge on any atom is -0.398 e. The molecule has 4 nitrogen and oxygen atoms in total. The molecule has 4 heteroatoms. The molecule has 0 amide bonds. The molecule has 1 aliphatic rings. The summed E-state index contributed by atoms with van der Waals surface area (Å²) in [6.45, 7) is 4.54. The molecule has 88 valence electrons. The smallest absolute Gasteiger partial charge is 0.0378 e. The predicted molar refractivity (Wildman–Crippen MR) is 65.4 cm³/mol. The molecule has 1 aromatic heterocycles. The van der Waals surface area contributed by atoms with E-state index in [9.17, 15) is 0 Å². The van der Waals surface area contributed by atoms with Gasteiger partial charge in [-0.3, -0.25) is 16.3 Å². The van der Waals surface area contributed by atoms with Gasteiger partial charge in [0.1, 0.15) is 0 Å². The Bertz CT molecular complexity index is 375. The average Bonchev–Trinajstić information content (AvgIpc) is 2.86. The fourth-order valence-corrected chi connectivity index (χ4v) is 2.36. The van der Waals surface area contributed by atoms with Crippen LogP contribution in [0.2, 0.25) is 0 Å². The first-order valence-corrected chi connectivity index (χ1v) is 5.69. The molecule has 2 rings (SSSR count). The molecule has 0 saturated heterocycles. The quantitative estimate of drug-likeness (QED) is 0.524. The van der Waals surface area contributed by atoms with E-state index in [-0.39, 0.29) is 0 Å². The number of hydrogen-bond donors (Lipinski definition) is 3. The van der Waals surface area contributed by atoms with Crippen molar-refractivity contribution < 1.29 is 0 Å². The molecule has 1 heterocycles. The Hall–Kier alpha value is -1.13. The topological polar surface area (TPSA) is 77.0 Å². The second kappa shape index (κ2) is 4.03. The van der Waals surface area contributed by atoms with Crippen molar-refractivity contribution >= 4 is 5.69 Å². The molecule has 2 unspecified atom stereocenters. The van der Waals surface area contributed by atoms with Crippen LogP contribution in [0.15, 0.2) is 18.5 Å². The molecule has 1 aromatic rings. The zero-order valence-corrected chi connectivity index (χ0v) is 9.90. The Morgan fingerprint density at radius 1 is 1.62 bits per heavy atom. The van der Waals surface area contributed by atoms with Crippen LogP contribution in [-0.2, 0) is 6.42 Å². The molecule has 0 spiro atoms. The first-order chi connectivity index (χ1) is 7.54. The van der Waals surface area contributed by atoms with Crippen LogP contribution in [0.3, 0.4) is 0 Å². The Kier molecular flexibility index (Phi) is 2.86. The summed E-state index contributed by atoms with van der Waals surface area (Å²) < 4.78 is 0. The van der Waals surface area contributed by atoms with Crippen molar-refractivity contribution in [1.82, 2.24) is 10.4 Å². The van der Waals surface area contributed by atoms with Gasteiger partial charge in [0.05, 0.1) is 0 Å². The normalized spacial score (nSPS) is 24.1. The molecule has 0 aliphatic heterocycles. The Morgan fingerprint density at radius 2 is 2.31 bits per heavy atom. The van der Waals surface area contributed by atoms with Crippen LogP contribution in [0.4, 0.5) is 5.69 Å². The monoisotopic (exact) mass is 220 g/mol. The lowest BCUT2D eigenvalue weighted by atomic mass is 9.98. The van der Waals surface area contributed by atoms with Crippen LogP contribution in [-0.4, -0.2) is 11.0 Å². The van der Waals surface area contributed by atoms with Crippen molar-refractivity contribution in [1.29, 1.82) is 0 Å². The van der Waals surface area contributed by atoms with Gasteiger partial charge >= 0.3 is 0 Å². The molecule has 0 bridgehead atoms. The van der Waals surface area contributed by atoms with Gasteiger partial charge in [-0.1, -0.05) is 13.8 Å². The van der Waals surface area contributed by atoms with E-state index in [0.717, 1.165) is 17.7 Å². The van der Waals surface area contributed by atoms with Crippen molar-refractivity contribution in [2.45, 2.75) is 32.7 Å². The van der Waals surface area contributed by atoms with Crippen LogP contribution in [0.1, 0.15) is 25.8 Å². The van der Waals surface area contributed by atoms with Crippen LogP contribution in [0.25, 0.3) is 0 Å². The highest BCUT2D eigenvalue weighted by Gasteiger charge is 2.49. The summed E-state index contributed by atoms with van der Waals surface area (Å²) in [4.78, 5) is 4.10. The molecule has 1 aliphatic carbocycles. The zero-order valence-electron chi connectivity index (χ0n) is 9.90. The summed E-state index contributed by atoms with van der Waals surface area (Å²) in [5, 5.41) is 0. The second-order valence-electron chi connectivity index (χ2n) is 5.35. The lowest BCUT2D eigenvalue weighted by Crippen LogP contribution is -2.39. The van der Waals surface area contributed by atoms with Gasteiger partial charge in [-0.25, -0.2) is 0 Å². The number of nitrogens with two attached hydrogens (primary N) is 2. The van der Waals surface area contributed by atoms with Crippen LogP contribution in [0, 0.1) is 11.3 Å². The summed E-state index contributed by atoms with van der Waals surface area (Å²) >= 11 is 0. The minimum absolute atomic E-state index is 0.293. The summed E-state index contributed by atoms with van der Waals surface area (Å²) in [7, 11) is 0. The van der Waals surface area contributed by atoms with Gasteiger partial charge in [0.15, 0.2) is 0 Å². The highest BCUT2D eigenvalue weighted by molar-refractivity contribution is 5.44. The van der Waals surface area contributed by atoms with E-state index in [1.807, 2.05) is 12.3 Å². The fraction of sp³-hybridized carbons (Fsp3) is 0.583. The number of nitrogens with zero attached hydrogens (tertiary/aromatic N) is 1. The van der Waals surface area contributed by atoms with Gasteiger partial charge in [0, 0.05) is 24.1 Å². The number of rotatable bonds is 4. The van der Waals surface area contributed by atoms with E-state index in [0.29, 0.717) is 17.4 Å². The van der Waals surface area contributed by atoms with Crippen LogP contribution >= 0.6 is 0 Å². The standard InChI is InChI=1S/C12H20N4/c1-12(2)6-9(12)11(16-14)5-8-7-15-4-3-10(8)13/h3-4,7,9,11,16H,5-6,14H2,1-2H3,(H2,13,15). The molecule has 0 radical (unpaired) electrons. The highest BCUT2D eigenvalue weighted by atomic mass is 15.2. The van der Waals surface area contributed by atoms with E-state index in [1.54, 1.807) is 6.20 Å². The number of hydrazine groups is 1. The van der Waals surface area contributed by atoms with Gasteiger partial charge < -0.3 is 5.73 Å². The maximum Gasteiger partial charge on any atom is 0.0378 e. The summed E-state index contributed by atoms with van der Waals surface area (Å²) in [5.74, 6) is 6.26. The molecule has 2 atom stereocenters. The van der Waals surface area contributed by atoms with E-state index in [4.69, 9.17) is 11.6 Å². The van der Waals surface area contributed by atoms with Crippen LogP contribution < -0.4 is 17.0 Å². The SMILES string of the molecule is CC1(C)CC1C(Cc1cnccc1N)NN. The van der Waals surface area contributed by atoms with Gasteiger partial charge in [-0.2, -0.15) is 0 Å². The third kappa shape index (κ3) is 2.18. The van der Waals surface area contributed by atoms with E-state index in [1.165, 1.54) is 6.42 Å². The van der Waals surface area contributed by atoms with Gasteiger partial charge in [0.2, 0.25) is 0 Å². The number of pyridine rings is 1. The maximum absolute atomic E-state index is 5.90. The highest BCUT2D eigenvalue weighted by Crippen LogP contribution is 2.53. The Balaban J connectivity index is 2.06. The maximum atomic E-state index is 5.90. The van der Waals surface area contributed by atoms with Crippen molar-refractivity contribution in [2.75, 3.05) is 5.73 Å². The van der Waals surface area contributed by atoms with Crippen molar-refractivity contribution in [3.8, 4) is 0 Å². The molecular formula is C12H20N4. The van der Waals surface area contributed by atoms with E-state index >= 15 is 0 Å². The van der Waals surface area contributed by atoms with Crippen molar-refractivity contribution in [2.24, 2.45) is 17.2 Å². The van der Waals surface area contributed by atoms with E-state index in [2.05, 4.69) is 24.3 Å². The number of anilines is 1. The predicted octanol–water partition coefficient (Wildman–Crippen LogP) is 1.08. The average molecular weight is 220 g/mol. The third-order valence-corrected chi connectivity index (χ3v) is 3.67. The number of nitrogen functional groups attached to an aromatic ring is 1. The fourth-order valence-electron chi connectivity index (χ4n) is 2.36. The minimum atomic E-state index is 0.293. The number of nitrogens with one attached hydrogen (secondary N) is 1. The Labute approximate surface area is 96.4 Å². The van der Waals surface area contributed by atoms with Gasteiger partial charge in [-0.05, 0) is 35.8 Å². The number of aromatic nitrogens is 1. The molecular weight excluding hydrogens is 200 g/mol. The zero-order chi connectivity index (χ0) is 11.8. The van der Waals surface area contributed by atoms with Crippen LogP contribution in [0.5, 0.6) is 0 Å². The van der Waals surface area contributed by atoms with Crippen molar-refractivity contribution in [3.63, 3.8) is 0 Å². The van der Waals surface area contributed by atoms with Gasteiger partial charge in [-0.15, -0.1) is 0 Å². The third-order valence-electron chi connectivity index (χ3n) is 3.67. The largest absolute Gasteiger partial charge is 0.398 e. The Morgan fingerprint density at radius 3 is 2.81 bits per heavy atom. The van der Waals surface area contributed by atoms with E-state index < -0.39 is 0 Å². The summed E-state index contributed by atoms with van der Waals surface area (Å²) in [5.41, 5.74) is 11.1. The first-order valence-electron chi connectivity index (χ1n) is 5.69. The lowest BCUT2D eigenvalue weighted by molar-refractivity contribution is 0.409. The summed E-state index contributed by atoms with van der Waals surface area (Å²) in [6, 6.07) is 2.13. The molecule has 5 N–H and O–H groups in total. The molecule has 1 fully saturated rings. The lowest BCUT2D eigenvalue weighted by Gasteiger charge is -2.18. The summed E-state index contributed by atoms with van der Waals surface area (Å²) in [6.07, 6.45) is 5.62. The molecule has 0 aromatic carbocycles. The second-order valence-corrected chi connectivity index (χ2v) is 5.35. The number of hydrogen-bond acceptors (Lipinski definition) is 4. The molecule has 1 saturated carbocycles.